The molecule has 7 nitrogen and oxygen atoms in total. The fourth-order valence-electron chi connectivity index (χ4n) is 1.72. The van der Waals surface area contributed by atoms with Crippen LogP contribution in [-0.2, 0) is 4.74 Å². The first kappa shape index (κ1) is 12.0. The molecule has 8 heteroatoms. The maximum atomic E-state index is 13.7. The Hall–Kier alpha value is -1.51. The van der Waals surface area contributed by atoms with Gasteiger partial charge in [0, 0.05) is 12.3 Å². The fourth-order valence-corrected chi connectivity index (χ4v) is 1.72. The summed E-state index contributed by atoms with van der Waals surface area (Å²) in [6.45, 7) is -0.508. The molecule has 0 aromatic carbocycles. The highest BCUT2D eigenvalue weighted by Crippen LogP contribution is 2.32. The van der Waals surface area contributed by atoms with Gasteiger partial charge >= 0.3 is 0 Å². The number of ether oxygens (including phenoxy) is 1. The summed E-state index contributed by atoms with van der Waals surface area (Å²) in [7, 11) is 0. The molecule has 0 saturated carbocycles. The summed E-state index contributed by atoms with van der Waals surface area (Å²) >= 11 is 0. The Labute approximate surface area is 95.3 Å². The van der Waals surface area contributed by atoms with Crippen LogP contribution in [0.5, 0.6) is 0 Å². The minimum absolute atomic E-state index is 0.212. The third-order valence-corrected chi connectivity index (χ3v) is 2.61. The highest BCUT2D eigenvalue weighted by atomic mass is 19.1. The van der Waals surface area contributed by atoms with E-state index in [1.54, 1.807) is 0 Å². The van der Waals surface area contributed by atoms with Gasteiger partial charge in [0.2, 0.25) is 5.95 Å². The molecule has 4 atom stereocenters. The first-order chi connectivity index (χ1) is 8.04. The molecule has 4 N–H and O–H groups in total. The van der Waals surface area contributed by atoms with Crippen molar-refractivity contribution in [1.29, 1.82) is 0 Å². The van der Waals surface area contributed by atoms with Crippen molar-refractivity contribution in [2.24, 2.45) is 0 Å². The van der Waals surface area contributed by atoms with Crippen molar-refractivity contribution in [2.45, 2.75) is 24.6 Å². The number of aliphatic hydroxyl groups excluding tert-OH is 2. The standard InChI is InChI=1S/C9H12FN3O4/c10-6-7(16)4(3-14)17-8(6)13-2-1-5(15)12-9(13)11/h1-2,4,6-8,14,16H,3H2,(H2,11,12,15). The molecule has 0 bridgehead atoms. The van der Waals surface area contributed by atoms with E-state index in [0.717, 1.165) is 10.6 Å². The molecule has 94 valence electrons. The van der Waals surface area contributed by atoms with E-state index in [1.807, 2.05) is 0 Å². The van der Waals surface area contributed by atoms with Gasteiger partial charge in [-0.1, -0.05) is 0 Å². The molecule has 0 spiro atoms. The molecule has 1 saturated heterocycles. The average Bonchev–Trinajstić information content (AvgIpc) is 2.57. The molecule has 1 aliphatic heterocycles. The van der Waals surface area contributed by atoms with Crippen LogP contribution in [0.3, 0.4) is 0 Å². The first-order valence-corrected chi connectivity index (χ1v) is 4.97. The van der Waals surface area contributed by atoms with Crippen molar-refractivity contribution >= 4 is 5.95 Å². The number of nitrogens with zero attached hydrogens (tertiary/aromatic N) is 2. The maximum Gasteiger partial charge on any atom is 0.274 e. The van der Waals surface area contributed by atoms with E-state index in [1.165, 1.54) is 6.20 Å². The predicted octanol–water partition coefficient (Wildman–Crippen LogP) is -1.59. The van der Waals surface area contributed by atoms with Gasteiger partial charge in [-0.2, -0.15) is 4.98 Å². The quantitative estimate of drug-likeness (QED) is 0.579. The zero-order valence-corrected chi connectivity index (χ0v) is 8.73. The smallest absolute Gasteiger partial charge is 0.274 e. The van der Waals surface area contributed by atoms with Gasteiger partial charge in [0.1, 0.15) is 12.2 Å². The number of anilines is 1. The number of rotatable bonds is 2. The molecule has 1 fully saturated rings. The number of nitrogens with two attached hydrogens (primary N) is 1. The number of halogens is 1. The van der Waals surface area contributed by atoms with E-state index in [9.17, 15) is 14.3 Å². The second-order valence-corrected chi connectivity index (χ2v) is 3.71. The second-order valence-electron chi connectivity index (χ2n) is 3.71. The molecule has 0 amide bonds. The highest BCUT2D eigenvalue weighted by Gasteiger charge is 2.45. The average molecular weight is 245 g/mol. The van der Waals surface area contributed by atoms with Gasteiger partial charge in [-0.3, -0.25) is 9.36 Å². The number of aliphatic hydroxyl groups is 2. The molecule has 17 heavy (non-hydrogen) atoms. The zero-order chi connectivity index (χ0) is 12.6. The molecule has 2 rings (SSSR count). The molecule has 1 aromatic rings. The van der Waals surface area contributed by atoms with Crippen molar-refractivity contribution in [3.05, 3.63) is 22.6 Å². The van der Waals surface area contributed by atoms with Crippen LogP contribution in [0.4, 0.5) is 10.3 Å². The Kier molecular flexibility index (Phi) is 3.09. The van der Waals surface area contributed by atoms with E-state index in [4.69, 9.17) is 15.6 Å². The molecule has 2 heterocycles. The largest absolute Gasteiger partial charge is 0.394 e. The van der Waals surface area contributed by atoms with Gasteiger partial charge in [0.15, 0.2) is 12.4 Å². The number of hydrogen-bond donors (Lipinski definition) is 3. The number of aromatic nitrogens is 2. The summed E-state index contributed by atoms with van der Waals surface area (Å²) in [5, 5.41) is 18.3. The SMILES string of the molecule is Nc1nc(=O)ccn1C1OC(CO)C(O)C1F. The molecular formula is C9H12FN3O4. The van der Waals surface area contributed by atoms with Gasteiger partial charge in [0.05, 0.1) is 6.61 Å². The Bertz CT molecular complexity index is 466. The minimum atomic E-state index is -1.75. The number of nitrogen functional groups attached to an aromatic ring is 1. The van der Waals surface area contributed by atoms with Crippen molar-refractivity contribution in [1.82, 2.24) is 9.55 Å². The van der Waals surface area contributed by atoms with Crippen molar-refractivity contribution in [3.63, 3.8) is 0 Å². The summed E-state index contributed by atoms with van der Waals surface area (Å²) in [6.07, 6.45) is -4.18. The molecule has 0 radical (unpaired) electrons. The monoisotopic (exact) mass is 245 g/mol. The summed E-state index contributed by atoms with van der Waals surface area (Å²) in [5.74, 6) is -0.212. The van der Waals surface area contributed by atoms with E-state index in [0.29, 0.717) is 0 Å². The van der Waals surface area contributed by atoms with Crippen LogP contribution in [0.2, 0.25) is 0 Å². The van der Waals surface area contributed by atoms with Crippen LogP contribution < -0.4 is 11.3 Å². The van der Waals surface area contributed by atoms with E-state index >= 15 is 0 Å². The lowest BCUT2D eigenvalue weighted by atomic mass is 10.1. The van der Waals surface area contributed by atoms with Crippen molar-refractivity contribution in [2.75, 3.05) is 12.3 Å². The Balaban J connectivity index is 2.32. The molecular weight excluding hydrogens is 233 g/mol. The normalized spacial score (nSPS) is 32.9. The summed E-state index contributed by atoms with van der Waals surface area (Å²) in [6, 6.07) is 1.10. The van der Waals surface area contributed by atoms with Crippen LogP contribution in [0.1, 0.15) is 6.23 Å². The van der Waals surface area contributed by atoms with Gasteiger partial charge in [-0.15, -0.1) is 0 Å². The molecule has 1 aromatic heterocycles. The van der Waals surface area contributed by atoms with Crippen molar-refractivity contribution in [3.8, 4) is 0 Å². The summed E-state index contributed by atoms with van der Waals surface area (Å²) in [5.41, 5.74) is 4.91. The molecule has 1 aliphatic rings. The lowest BCUT2D eigenvalue weighted by Gasteiger charge is -2.18. The summed E-state index contributed by atoms with van der Waals surface area (Å²) in [4.78, 5) is 14.3. The van der Waals surface area contributed by atoms with Gasteiger partial charge < -0.3 is 20.7 Å². The Morgan fingerprint density at radius 1 is 1.65 bits per heavy atom. The van der Waals surface area contributed by atoms with Gasteiger partial charge in [-0.25, -0.2) is 4.39 Å². The Morgan fingerprint density at radius 3 is 2.88 bits per heavy atom. The van der Waals surface area contributed by atoms with Gasteiger partial charge in [0.25, 0.3) is 5.56 Å². The second kappa shape index (κ2) is 4.40. The van der Waals surface area contributed by atoms with E-state index in [2.05, 4.69) is 4.98 Å². The van der Waals surface area contributed by atoms with Crippen LogP contribution in [0.15, 0.2) is 17.1 Å². The lowest BCUT2D eigenvalue weighted by Crippen LogP contribution is -2.31. The Morgan fingerprint density at radius 2 is 2.35 bits per heavy atom. The van der Waals surface area contributed by atoms with E-state index < -0.39 is 36.8 Å². The van der Waals surface area contributed by atoms with E-state index in [-0.39, 0.29) is 5.95 Å². The molecule has 0 aliphatic carbocycles. The van der Waals surface area contributed by atoms with Crippen LogP contribution in [-0.4, -0.2) is 44.8 Å². The van der Waals surface area contributed by atoms with Crippen LogP contribution in [0, 0.1) is 0 Å². The van der Waals surface area contributed by atoms with Crippen molar-refractivity contribution < 1.29 is 19.3 Å². The fraction of sp³-hybridized carbons (Fsp3) is 0.556. The van der Waals surface area contributed by atoms with Crippen LogP contribution >= 0.6 is 0 Å². The lowest BCUT2D eigenvalue weighted by molar-refractivity contribution is -0.0469. The predicted molar refractivity (Wildman–Crippen MR) is 54.8 cm³/mol. The third kappa shape index (κ3) is 2.02. The number of alkyl halides is 1. The highest BCUT2D eigenvalue weighted by molar-refractivity contribution is 5.18. The summed E-state index contributed by atoms with van der Waals surface area (Å²) < 4.78 is 19.9. The topological polar surface area (TPSA) is 111 Å². The number of hydrogen-bond acceptors (Lipinski definition) is 6. The zero-order valence-electron chi connectivity index (χ0n) is 8.73. The van der Waals surface area contributed by atoms with Crippen LogP contribution in [0.25, 0.3) is 0 Å². The third-order valence-electron chi connectivity index (χ3n) is 2.61. The minimum Gasteiger partial charge on any atom is -0.394 e. The van der Waals surface area contributed by atoms with Gasteiger partial charge in [-0.05, 0) is 0 Å². The maximum absolute atomic E-state index is 13.7. The first-order valence-electron chi connectivity index (χ1n) is 4.97. The molecule has 4 unspecified atom stereocenters.